The van der Waals surface area contributed by atoms with Gasteiger partial charge in [0.1, 0.15) is 0 Å². The van der Waals surface area contributed by atoms with Crippen molar-refractivity contribution in [2.75, 3.05) is 0 Å². The summed E-state index contributed by atoms with van der Waals surface area (Å²) in [6.07, 6.45) is 0. The van der Waals surface area contributed by atoms with Crippen LogP contribution in [0, 0.1) is 6.92 Å². The highest BCUT2D eigenvalue weighted by atomic mass is 14.2. The summed E-state index contributed by atoms with van der Waals surface area (Å²) in [6, 6.07) is 13.9. The minimum Gasteiger partial charge on any atom is -0.0692 e. The van der Waals surface area contributed by atoms with Crippen LogP contribution in [-0.4, -0.2) is 0 Å². The minimum absolute atomic E-state index is 0.567. The van der Waals surface area contributed by atoms with Crippen LogP contribution < -0.4 is 5.22 Å². The van der Waals surface area contributed by atoms with Gasteiger partial charge in [0, 0.05) is 0 Å². The Morgan fingerprint density at radius 3 is 2.25 bits per heavy atom. The molecule has 102 valence electrons. The number of benzene rings is 1. The molecule has 3 rings (SSSR count). The fraction of sp³-hybridized carbons (Fsp3) is 0.300. The highest BCUT2D eigenvalue weighted by Gasteiger charge is 2.14. The normalized spacial score (nSPS) is 11.7. The molecule has 1 aromatic rings. The molecule has 2 aliphatic carbocycles. The first kappa shape index (κ1) is 13.2. The van der Waals surface area contributed by atoms with Gasteiger partial charge in [-0.1, -0.05) is 49.8 Å². The molecule has 0 spiro atoms. The van der Waals surface area contributed by atoms with Crippen molar-refractivity contribution in [3.63, 3.8) is 0 Å². The van der Waals surface area contributed by atoms with E-state index in [9.17, 15) is 0 Å². The summed E-state index contributed by atoms with van der Waals surface area (Å²) in [5, 5.41) is 4.08. The first-order valence-electron chi connectivity index (χ1n) is 7.41. The molecule has 0 heterocycles. The van der Waals surface area contributed by atoms with Crippen LogP contribution in [0.5, 0.6) is 0 Å². The van der Waals surface area contributed by atoms with Crippen molar-refractivity contribution in [1.82, 2.24) is 0 Å². The first-order valence-corrected chi connectivity index (χ1v) is 7.41. The summed E-state index contributed by atoms with van der Waals surface area (Å²) in [6.45, 7) is 11.1. The van der Waals surface area contributed by atoms with E-state index in [-0.39, 0.29) is 0 Å². The Morgan fingerprint density at radius 2 is 1.60 bits per heavy atom. The molecule has 2 aliphatic rings. The second-order valence-electron chi connectivity index (χ2n) is 6.40. The molecule has 0 saturated carbocycles. The van der Waals surface area contributed by atoms with E-state index in [1.165, 1.54) is 43.8 Å². The van der Waals surface area contributed by atoms with Crippen LogP contribution in [0.3, 0.4) is 0 Å². The van der Waals surface area contributed by atoms with Crippen molar-refractivity contribution in [3.05, 3.63) is 52.7 Å². The lowest BCUT2D eigenvalue weighted by Crippen LogP contribution is -1.98. The summed E-state index contributed by atoms with van der Waals surface area (Å²) in [5.74, 6) is 0.567. The molecule has 1 aromatic carbocycles. The molecule has 0 atom stereocenters. The van der Waals surface area contributed by atoms with Crippen molar-refractivity contribution in [3.8, 4) is 11.1 Å². The van der Waals surface area contributed by atoms with Crippen molar-refractivity contribution < 1.29 is 0 Å². The van der Waals surface area contributed by atoms with E-state index in [1.54, 1.807) is 0 Å². The van der Waals surface area contributed by atoms with E-state index in [2.05, 4.69) is 71.0 Å². The summed E-state index contributed by atoms with van der Waals surface area (Å²) < 4.78 is 0. The van der Waals surface area contributed by atoms with Crippen LogP contribution in [0.15, 0.2) is 36.4 Å². The summed E-state index contributed by atoms with van der Waals surface area (Å²) in [5.41, 5.74) is 6.98. The molecule has 0 aliphatic heterocycles. The highest BCUT2D eigenvalue weighted by Crippen LogP contribution is 2.38. The fourth-order valence-electron chi connectivity index (χ4n) is 2.99. The molecule has 0 fully saturated rings. The Hall–Kier alpha value is -1.82. The second kappa shape index (κ2) is 4.63. The van der Waals surface area contributed by atoms with Crippen molar-refractivity contribution in [1.29, 1.82) is 0 Å². The summed E-state index contributed by atoms with van der Waals surface area (Å²) >= 11 is 0. The lowest BCUT2D eigenvalue weighted by atomic mass is 9.96. The first-order chi connectivity index (χ1) is 9.47. The lowest BCUT2D eigenvalue weighted by molar-refractivity contribution is 0.870. The fourth-order valence-corrected chi connectivity index (χ4v) is 2.99. The van der Waals surface area contributed by atoms with Crippen molar-refractivity contribution in [2.24, 2.45) is 0 Å². The summed E-state index contributed by atoms with van der Waals surface area (Å²) in [7, 11) is 0. The van der Waals surface area contributed by atoms with Gasteiger partial charge in [-0.15, -0.1) is 0 Å². The van der Waals surface area contributed by atoms with Gasteiger partial charge >= 0.3 is 0 Å². The van der Waals surface area contributed by atoms with Gasteiger partial charge in [-0.3, -0.25) is 0 Å². The molecular formula is C20H22. The zero-order chi connectivity index (χ0) is 14.4. The largest absolute Gasteiger partial charge is 0.0692 e. The average Bonchev–Trinajstić information content (AvgIpc) is 2.58. The molecule has 0 unspecified atom stereocenters. The van der Waals surface area contributed by atoms with Crippen LogP contribution in [0.4, 0.5) is 0 Å². The topological polar surface area (TPSA) is 0 Å². The molecule has 0 aromatic heterocycles. The molecule has 0 radical (unpaired) electrons. The third-order valence-electron chi connectivity index (χ3n) is 4.27. The smallest absolute Gasteiger partial charge is 0.00357 e. The van der Waals surface area contributed by atoms with Gasteiger partial charge in [0.15, 0.2) is 0 Å². The predicted molar refractivity (Wildman–Crippen MR) is 89.4 cm³/mol. The average molecular weight is 262 g/mol. The van der Waals surface area contributed by atoms with E-state index in [0.717, 1.165) is 0 Å². The van der Waals surface area contributed by atoms with Crippen molar-refractivity contribution in [2.45, 2.75) is 40.5 Å². The molecule has 20 heavy (non-hydrogen) atoms. The maximum absolute atomic E-state index is 2.36. The van der Waals surface area contributed by atoms with Crippen LogP contribution in [0.2, 0.25) is 0 Å². The Bertz CT molecular complexity index is 802. The van der Waals surface area contributed by atoms with E-state index in [1.807, 2.05) is 0 Å². The van der Waals surface area contributed by atoms with Crippen LogP contribution in [0.1, 0.15) is 44.7 Å². The standard InChI is InChI=1S/C20H22/c1-12(2)15-6-7-16-9-17(13(3)4)10-18-8-14(5)19(11-15)20(16)18/h6-11,13H,1-5H3. The zero-order valence-electron chi connectivity index (χ0n) is 13.0. The second-order valence-corrected chi connectivity index (χ2v) is 6.40. The number of hydrogen-bond acceptors (Lipinski definition) is 0. The van der Waals surface area contributed by atoms with Gasteiger partial charge in [0.2, 0.25) is 0 Å². The number of rotatable bonds is 1. The molecule has 0 amide bonds. The van der Waals surface area contributed by atoms with E-state index in [0.29, 0.717) is 5.92 Å². The predicted octanol–water partition coefficient (Wildman–Crippen LogP) is 5.29. The molecule has 0 bridgehead atoms. The van der Waals surface area contributed by atoms with Gasteiger partial charge in [0.25, 0.3) is 0 Å². The number of aryl methyl sites for hydroxylation is 1. The highest BCUT2D eigenvalue weighted by molar-refractivity contribution is 6.01. The van der Waals surface area contributed by atoms with E-state index in [4.69, 9.17) is 0 Å². The monoisotopic (exact) mass is 262 g/mol. The molecule has 0 saturated heterocycles. The third-order valence-corrected chi connectivity index (χ3v) is 4.27. The van der Waals surface area contributed by atoms with E-state index < -0.39 is 0 Å². The van der Waals surface area contributed by atoms with Crippen molar-refractivity contribution >= 4 is 16.3 Å². The Morgan fingerprint density at radius 1 is 0.900 bits per heavy atom. The van der Waals surface area contributed by atoms with Crippen LogP contribution in [0.25, 0.3) is 27.5 Å². The van der Waals surface area contributed by atoms with Gasteiger partial charge in [-0.25, -0.2) is 0 Å². The molecule has 0 nitrogen and oxygen atoms in total. The van der Waals surface area contributed by atoms with Gasteiger partial charge in [-0.2, -0.15) is 0 Å². The van der Waals surface area contributed by atoms with E-state index >= 15 is 0 Å². The van der Waals surface area contributed by atoms with Gasteiger partial charge < -0.3 is 0 Å². The maximum atomic E-state index is 2.36. The molecule has 0 N–H and O–H groups in total. The zero-order valence-corrected chi connectivity index (χ0v) is 13.0. The Labute approximate surface area is 121 Å². The minimum atomic E-state index is 0.567. The SMILES string of the molecule is CC(C)=c1ccc2cc(C(C)C)cc3cc(C)c(c1)-c23. The third kappa shape index (κ3) is 2.00. The lowest BCUT2D eigenvalue weighted by Gasteiger charge is -2.09. The van der Waals surface area contributed by atoms with Gasteiger partial charge in [-0.05, 0) is 71.0 Å². The Kier molecular flexibility index (Phi) is 3.05. The maximum Gasteiger partial charge on any atom is -0.00357 e. The quantitative estimate of drug-likeness (QED) is 0.559. The molecule has 0 heteroatoms. The van der Waals surface area contributed by atoms with Gasteiger partial charge in [0.05, 0.1) is 0 Å². The van der Waals surface area contributed by atoms with Crippen LogP contribution in [-0.2, 0) is 0 Å². The van der Waals surface area contributed by atoms with Crippen LogP contribution >= 0.6 is 0 Å². The molecular weight excluding hydrogens is 240 g/mol. The number of hydrogen-bond donors (Lipinski definition) is 0. The Balaban J connectivity index is 2.48. The summed E-state index contributed by atoms with van der Waals surface area (Å²) in [4.78, 5) is 0.